The van der Waals surface area contributed by atoms with Crippen LogP contribution in [-0.4, -0.2) is 17.6 Å². The molecule has 17 heavy (non-hydrogen) atoms. The monoisotopic (exact) mass is 304 g/mol. The first kappa shape index (κ1) is 13.5. The molecule has 0 spiro atoms. The van der Waals surface area contributed by atoms with Crippen molar-refractivity contribution in [2.45, 2.75) is 13.3 Å². The van der Waals surface area contributed by atoms with E-state index in [1.807, 2.05) is 0 Å². The molecule has 0 saturated carbocycles. The van der Waals surface area contributed by atoms with E-state index >= 15 is 0 Å². The topological polar surface area (TPSA) is 63.0 Å². The van der Waals surface area contributed by atoms with Gasteiger partial charge < -0.3 is 4.74 Å². The molecule has 0 atom stereocenters. The van der Waals surface area contributed by atoms with Gasteiger partial charge in [0.15, 0.2) is 0 Å². The molecule has 1 rings (SSSR count). The van der Waals surface area contributed by atoms with Crippen LogP contribution in [0.1, 0.15) is 35.0 Å². The van der Waals surface area contributed by atoms with E-state index < -0.39 is 18.1 Å². The molecule has 0 radical (unpaired) electrons. The first-order chi connectivity index (χ1) is 8.01. The molecule has 0 amide bonds. The number of halogens is 3. The molecule has 0 aromatic carbocycles. The van der Waals surface area contributed by atoms with E-state index in [-0.39, 0.29) is 22.3 Å². The second kappa shape index (κ2) is 5.68. The second-order valence-electron chi connectivity index (χ2n) is 2.89. The zero-order valence-electron chi connectivity index (χ0n) is 8.71. The standard InChI is InChI=1S/C10H7BrF2N2O2/c1-2-17-10(16)5-3-7(9(12)13)15-8(11)6(5)4-14/h3,9H,2H2,1H3. The van der Waals surface area contributed by atoms with Crippen LogP contribution in [0.2, 0.25) is 0 Å². The molecule has 0 bridgehead atoms. The molecule has 0 saturated heterocycles. The third-order valence-electron chi connectivity index (χ3n) is 1.83. The predicted molar refractivity (Wildman–Crippen MR) is 57.6 cm³/mol. The molecular weight excluding hydrogens is 298 g/mol. The van der Waals surface area contributed by atoms with E-state index in [1.54, 1.807) is 13.0 Å². The summed E-state index contributed by atoms with van der Waals surface area (Å²) >= 11 is 2.87. The maximum absolute atomic E-state index is 12.5. The summed E-state index contributed by atoms with van der Waals surface area (Å²) in [7, 11) is 0. The lowest BCUT2D eigenvalue weighted by Crippen LogP contribution is -2.10. The van der Waals surface area contributed by atoms with Crippen molar-refractivity contribution in [3.8, 4) is 6.07 Å². The highest BCUT2D eigenvalue weighted by Gasteiger charge is 2.21. The Balaban J connectivity index is 3.35. The molecule has 1 aromatic rings. The highest BCUT2D eigenvalue weighted by atomic mass is 79.9. The van der Waals surface area contributed by atoms with Crippen molar-refractivity contribution >= 4 is 21.9 Å². The average molecular weight is 305 g/mol. The number of hydrogen-bond donors (Lipinski definition) is 0. The molecule has 0 unspecified atom stereocenters. The first-order valence-corrected chi connectivity index (χ1v) is 5.36. The Labute approximate surface area is 104 Å². The minimum Gasteiger partial charge on any atom is -0.462 e. The number of aromatic nitrogens is 1. The number of rotatable bonds is 3. The van der Waals surface area contributed by atoms with E-state index in [4.69, 9.17) is 5.26 Å². The fourth-order valence-electron chi connectivity index (χ4n) is 1.12. The fraction of sp³-hybridized carbons (Fsp3) is 0.300. The van der Waals surface area contributed by atoms with Crippen molar-refractivity contribution in [1.29, 1.82) is 5.26 Å². The Kier molecular flexibility index (Phi) is 4.52. The molecule has 0 aliphatic heterocycles. The van der Waals surface area contributed by atoms with Crippen molar-refractivity contribution in [1.82, 2.24) is 4.98 Å². The van der Waals surface area contributed by atoms with Gasteiger partial charge in [-0.1, -0.05) is 0 Å². The highest BCUT2D eigenvalue weighted by molar-refractivity contribution is 9.10. The minimum absolute atomic E-state index is 0.0909. The van der Waals surface area contributed by atoms with Gasteiger partial charge in [0.25, 0.3) is 6.43 Å². The summed E-state index contributed by atoms with van der Waals surface area (Å²) in [6.45, 7) is 1.67. The van der Waals surface area contributed by atoms with Crippen molar-refractivity contribution in [3.63, 3.8) is 0 Å². The normalized spacial score (nSPS) is 10.1. The molecule has 4 nitrogen and oxygen atoms in total. The Morgan fingerprint density at radius 2 is 2.35 bits per heavy atom. The minimum atomic E-state index is -2.83. The van der Waals surface area contributed by atoms with Gasteiger partial charge in [-0.25, -0.2) is 18.6 Å². The van der Waals surface area contributed by atoms with Crippen LogP contribution in [0.15, 0.2) is 10.7 Å². The number of esters is 1. The molecule has 7 heteroatoms. The Bertz CT molecular complexity index is 486. The van der Waals surface area contributed by atoms with Crippen LogP contribution in [0, 0.1) is 11.3 Å². The van der Waals surface area contributed by atoms with Crippen LogP contribution in [-0.2, 0) is 4.74 Å². The quantitative estimate of drug-likeness (QED) is 0.636. The number of carbonyl (C=O) groups excluding carboxylic acids is 1. The maximum atomic E-state index is 12.5. The zero-order valence-corrected chi connectivity index (χ0v) is 10.3. The van der Waals surface area contributed by atoms with Crippen LogP contribution in [0.25, 0.3) is 0 Å². The lowest BCUT2D eigenvalue weighted by molar-refractivity contribution is 0.0525. The Hall–Kier alpha value is -1.55. The number of pyridine rings is 1. The van der Waals surface area contributed by atoms with Gasteiger partial charge in [0.2, 0.25) is 0 Å². The van der Waals surface area contributed by atoms with E-state index in [1.165, 1.54) is 0 Å². The number of hydrogen-bond acceptors (Lipinski definition) is 4. The number of nitriles is 1. The Morgan fingerprint density at radius 1 is 1.71 bits per heavy atom. The van der Waals surface area contributed by atoms with Gasteiger partial charge in [-0.05, 0) is 28.9 Å². The molecule has 0 aliphatic carbocycles. The number of carbonyl (C=O) groups is 1. The van der Waals surface area contributed by atoms with Gasteiger partial charge in [-0.3, -0.25) is 0 Å². The molecule has 90 valence electrons. The first-order valence-electron chi connectivity index (χ1n) is 4.57. The van der Waals surface area contributed by atoms with Crippen LogP contribution in [0.5, 0.6) is 0 Å². The summed E-state index contributed by atoms with van der Waals surface area (Å²) in [6, 6.07) is 2.58. The summed E-state index contributed by atoms with van der Waals surface area (Å²) in [5.41, 5.74) is -0.918. The van der Waals surface area contributed by atoms with Gasteiger partial charge in [0.1, 0.15) is 16.4 Å². The van der Waals surface area contributed by atoms with Crippen molar-refractivity contribution in [3.05, 3.63) is 27.5 Å². The van der Waals surface area contributed by atoms with Crippen molar-refractivity contribution in [2.75, 3.05) is 6.61 Å². The third-order valence-corrected chi connectivity index (χ3v) is 2.40. The van der Waals surface area contributed by atoms with Gasteiger partial charge in [-0.2, -0.15) is 5.26 Å². The van der Waals surface area contributed by atoms with Gasteiger partial charge >= 0.3 is 5.97 Å². The Morgan fingerprint density at radius 3 is 2.82 bits per heavy atom. The molecule has 0 N–H and O–H groups in total. The fourth-order valence-corrected chi connectivity index (χ4v) is 1.63. The molecule has 0 aliphatic rings. The van der Waals surface area contributed by atoms with Crippen LogP contribution >= 0.6 is 15.9 Å². The van der Waals surface area contributed by atoms with Gasteiger partial charge in [0.05, 0.1) is 17.7 Å². The maximum Gasteiger partial charge on any atom is 0.339 e. The van der Waals surface area contributed by atoms with E-state index in [0.29, 0.717) is 0 Å². The second-order valence-corrected chi connectivity index (χ2v) is 3.64. The predicted octanol–water partition coefficient (Wildman–Crippen LogP) is 2.83. The number of alkyl halides is 2. The largest absolute Gasteiger partial charge is 0.462 e. The summed E-state index contributed by atoms with van der Waals surface area (Å²) < 4.78 is 29.6. The molecule has 0 fully saturated rings. The van der Waals surface area contributed by atoms with Gasteiger partial charge in [-0.15, -0.1) is 0 Å². The van der Waals surface area contributed by atoms with Gasteiger partial charge in [0, 0.05) is 0 Å². The average Bonchev–Trinajstić information content (AvgIpc) is 2.28. The van der Waals surface area contributed by atoms with Crippen LogP contribution in [0.3, 0.4) is 0 Å². The van der Waals surface area contributed by atoms with E-state index in [2.05, 4.69) is 25.7 Å². The van der Waals surface area contributed by atoms with E-state index in [9.17, 15) is 13.6 Å². The lowest BCUT2D eigenvalue weighted by atomic mass is 10.1. The lowest BCUT2D eigenvalue weighted by Gasteiger charge is -2.07. The summed E-state index contributed by atoms with van der Waals surface area (Å²) in [6.07, 6.45) is -2.83. The smallest absolute Gasteiger partial charge is 0.339 e. The summed E-state index contributed by atoms with van der Waals surface area (Å²) in [5.74, 6) is -0.825. The molecule has 1 heterocycles. The zero-order chi connectivity index (χ0) is 13.0. The molecular formula is C10H7BrF2N2O2. The van der Waals surface area contributed by atoms with Crippen LogP contribution in [0.4, 0.5) is 8.78 Å². The molecule has 1 aromatic heterocycles. The SMILES string of the molecule is CCOC(=O)c1cc(C(F)F)nc(Br)c1C#N. The van der Waals surface area contributed by atoms with Crippen molar-refractivity contribution < 1.29 is 18.3 Å². The van der Waals surface area contributed by atoms with Crippen LogP contribution < -0.4 is 0 Å². The highest BCUT2D eigenvalue weighted by Crippen LogP contribution is 2.25. The number of ether oxygens (including phenoxy) is 1. The van der Waals surface area contributed by atoms with E-state index in [0.717, 1.165) is 6.07 Å². The number of nitrogens with zero attached hydrogens (tertiary/aromatic N) is 2. The summed E-state index contributed by atoms with van der Waals surface area (Å²) in [4.78, 5) is 15.0. The summed E-state index contributed by atoms with van der Waals surface area (Å²) in [5, 5.41) is 8.83. The van der Waals surface area contributed by atoms with Crippen molar-refractivity contribution in [2.24, 2.45) is 0 Å². The third kappa shape index (κ3) is 2.97.